The summed E-state index contributed by atoms with van der Waals surface area (Å²) in [5.74, 6) is -0.757. The van der Waals surface area contributed by atoms with Gasteiger partial charge in [0.2, 0.25) is 17.7 Å². The number of nitrogens with one attached hydrogen (secondary N) is 1. The van der Waals surface area contributed by atoms with Crippen molar-refractivity contribution in [2.24, 2.45) is 5.41 Å². The average Bonchev–Trinajstić information content (AvgIpc) is 3.27. The molecule has 3 heterocycles. The van der Waals surface area contributed by atoms with Crippen LogP contribution in [0.4, 0.5) is 11.4 Å². The quantitative estimate of drug-likeness (QED) is 0.336. The summed E-state index contributed by atoms with van der Waals surface area (Å²) in [5.41, 5.74) is 2.84. The molecule has 0 saturated carbocycles. The van der Waals surface area contributed by atoms with E-state index in [-0.39, 0.29) is 36.5 Å². The third kappa shape index (κ3) is 5.25. The molecule has 3 amide bonds. The number of benzene rings is 2. The van der Waals surface area contributed by atoms with Crippen LogP contribution in [0.25, 0.3) is 11.0 Å². The Morgan fingerprint density at radius 1 is 0.976 bits per heavy atom. The number of rotatable bonds is 8. The molecular formula is C31H34N6O4. The summed E-state index contributed by atoms with van der Waals surface area (Å²) in [7, 11) is 1.67. The number of amides is 3. The van der Waals surface area contributed by atoms with Crippen molar-refractivity contribution in [3.8, 4) is 0 Å². The Labute approximate surface area is 238 Å². The number of nitrogens with zero attached hydrogens (tertiary/aromatic N) is 5. The minimum Gasteiger partial charge on any atom is -0.336 e. The Bertz CT molecular complexity index is 1670. The molecular weight excluding hydrogens is 520 g/mol. The largest absolute Gasteiger partial charge is 0.336 e. The molecule has 4 aromatic rings. The third-order valence-corrected chi connectivity index (χ3v) is 7.72. The fourth-order valence-corrected chi connectivity index (χ4v) is 5.37. The van der Waals surface area contributed by atoms with Crippen molar-refractivity contribution >= 4 is 40.1 Å². The highest BCUT2D eigenvalue weighted by Crippen LogP contribution is 2.39. The van der Waals surface area contributed by atoms with Crippen LogP contribution in [0, 0.1) is 5.41 Å². The molecule has 0 saturated heterocycles. The molecule has 1 aliphatic rings. The zero-order chi connectivity index (χ0) is 29.3. The number of carbonyl (C=O) groups excluding carboxylic acids is 3. The molecule has 0 fully saturated rings. The Morgan fingerprint density at radius 2 is 1.76 bits per heavy atom. The number of anilines is 2. The van der Waals surface area contributed by atoms with Crippen LogP contribution in [0.2, 0.25) is 0 Å². The van der Waals surface area contributed by atoms with E-state index >= 15 is 0 Å². The van der Waals surface area contributed by atoms with Gasteiger partial charge in [0.15, 0.2) is 0 Å². The van der Waals surface area contributed by atoms with Gasteiger partial charge in [-0.25, -0.2) is 4.79 Å². The Balaban J connectivity index is 1.47. The van der Waals surface area contributed by atoms with Gasteiger partial charge in [0.05, 0.1) is 22.4 Å². The van der Waals surface area contributed by atoms with Crippen LogP contribution in [0.15, 0.2) is 71.8 Å². The van der Waals surface area contributed by atoms with Gasteiger partial charge in [-0.1, -0.05) is 24.3 Å². The van der Waals surface area contributed by atoms with Crippen LogP contribution in [0.5, 0.6) is 0 Å². The molecule has 41 heavy (non-hydrogen) atoms. The minimum atomic E-state index is -1.21. The van der Waals surface area contributed by atoms with E-state index in [0.29, 0.717) is 41.9 Å². The molecule has 2 aromatic heterocycles. The number of H-pyrrole nitrogens is 1. The number of aromatic nitrogens is 3. The molecule has 10 nitrogen and oxygen atoms in total. The first-order chi connectivity index (χ1) is 19.6. The van der Waals surface area contributed by atoms with E-state index in [0.717, 1.165) is 11.1 Å². The lowest BCUT2D eigenvalue weighted by Crippen LogP contribution is -2.47. The summed E-state index contributed by atoms with van der Waals surface area (Å²) in [6, 6.07) is 16.7. The van der Waals surface area contributed by atoms with E-state index in [9.17, 15) is 19.2 Å². The molecule has 0 aliphatic carbocycles. The van der Waals surface area contributed by atoms with Crippen LogP contribution in [0.1, 0.15) is 31.9 Å². The maximum Gasteiger partial charge on any atom is 0.326 e. The van der Waals surface area contributed by atoms with Gasteiger partial charge in [-0.3, -0.25) is 23.9 Å². The predicted octanol–water partition coefficient (Wildman–Crippen LogP) is 3.35. The maximum absolute atomic E-state index is 13.7. The number of para-hydroxylation sites is 2. The second-order valence-corrected chi connectivity index (χ2v) is 10.8. The lowest BCUT2D eigenvalue weighted by molar-refractivity contribution is -0.137. The van der Waals surface area contributed by atoms with Crippen LogP contribution in [0.3, 0.4) is 0 Å². The van der Waals surface area contributed by atoms with Crippen LogP contribution in [-0.4, -0.2) is 57.3 Å². The first kappa shape index (κ1) is 27.8. The van der Waals surface area contributed by atoms with Gasteiger partial charge >= 0.3 is 5.69 Å². The first-order valence-corrected chi connectivity index (χ1v) is 13.7. The zero-order valence-electron chi connectivity index (χ0n) is 23.8. The van der Waals surface area contributed by atoms with Gasteiger partial charge in [-0.05, 0) is 68.7 Å². The van der Waals surface area contributed by atoms with E-state index in [4.69, 9.17) is 0 Å². The van der Waals surface area contributed by atoms with Crippen molar-refractivity contribution in [1.29, 1.82) is 0 Å². The van der Waals surface area contributed by atoms with Crippen LogP contribution < -0.4 is 15.5 Å². The molecule has 1 aliphatic heterocycles. The number of carbonyl (C=O) groups is 3. The second-order valence-electron chi connectivity index (χ2n) is 10.8. The molecule has 0 bridgehead atoms. The fraction of sp³-hybridized carbons (Fsp3) is 0.323. The SMILES string of the molecule is CCN1C(=O)C(C)(C)C(=O)N(C)c2cc(CN(CCc3cccnc3)C(=O)Cn3c(=O)[nH]c4ccccc43)ccc21. The van der Waals surface area contributed by atoms with Crippen molar-refractivity contribution in [3.63, 3.8) is 0 Å². The van der Waals surface area contributed by atoms with Crippen molar-refractivity contribution < 1.29 is 14.4 Å². The van der Waals surface area contributed by atoms with Crippen molar-refractivity contribution in [2.45, 2.75) is 40.3 Å². The van der Waals surface area contributed by atoms with Gasteiger partial charge in [0, 0.05) is 39.1 Å². The van der Waals surface area contributed by atoms with E-state index in [1.54, 1.807) is 49.2 Å². The van der Waals surface area contributed by atoms with E-state index in [1.165, 1.54) is 9.47 Å². The van der Waals surface area contributed by atoms with Crippen molar-refractivity contribution in [2.75, 3.05) is 29.9 Å². The highest BCUT2D eigenvalue weighted by atomic mass is 16.2. The Hall–Kier alpha value is -4.73. The lowest BCUT2D eigenvalue weighted by Gasteiger charge is -2.27. The van der Waals surface area contributed by atoms with Crippen LogP contribution in [-0.2, 0) is 33.9 Å². The number of aromatic amines is 1. The van der Waals surface area contributed by atoms with E-state index in [2.05, 4.69) is 9.97 Å². The average molecular weight is 555 g/mol. The smallest absolute Gasteiger partial charge is 0.326 e. The highest BCUT2D eigenvalue weighted by molar-refractivity contribution is 6.19. The van der Waals surface area contributed by atoms with Crippen molar-refractivity contribution in [3.05, 3.63) is 88.6 Å². The van der Waals surface area contributed by atoms with Gasteiger partial charge in [0.25, 0.3) is 0 Å². The molecule has 2 aromatic carbocycles. The fourth-order valence-electron chi connectivity index (χ4n) is 5.37. The van der Waals surface area contributed by atoms with E-state index in [1.807, 2.05) is 55.5 Å². The predicted molar refractivity (Wildman–Crippen MR) is 158 cm³/mol. The van der Waals surface area contributed by atoms with Crippen molar-refractivity contribution in [1.82, 2.24) is 19.4 Å². The highest BCUT2D eigenvalue weighted by Gasteiger charge is 2.45. The third-order valence-electron chi connectivity index (χ3n) is 7.72. The molecule has 10 heteroatoms. The van der Waals surface area contributed by atoms with Gasteiger partial charge in [-0.15, -0.1) is 0 Å². The summed E-state index contributed by atoms with van der Waals surface area (Å²) >= 11 is 0. The Kier molecular flexibility index (Phi) is 7.49. The summed E-state index contributed by atoms with van der Waals surface area (Å²) in [6.07, 6.45) is 4.06. The monoisotopic (exact) mass is 554 g/mol. The maximum atomic E-state index is 13.7. The molecule has 0 unspecified atom stereocenters. The minimum absolute atomic E-state index is 0.120. The number of hydrogen-bond donors (Lipinski definition) is 1. The first-order valence-electron chi connectivity index (χ1n) is 13.7. The molecule has 212 valence electrons. The number of pyridine rings is 1. The molecule has 0 atom stereocenters. The summed E-state index contributed by atoms with van der Waals surface area (Å²) in [6.45, 7) is 6.14. The molecule has 0 radical (unpaired) electrons. The summed E-state index contributed by atoms with van der Waals surface area (Å²) in [4.78, 5) is 64.8. The molecule has 0 spiro atoms. The zero-order valence-corrected chi connectivity index (χ0v) is 23.8. The van der Waals surface area contributed by atoms with Crippen LogP contribution >= 0.6 is 0 Å². The standard InChI is InChI=1S/C31H34N6O4/c1-5-36-25-13-12-22(17-26(25)34(4)28(39)31(2,3)29(36)40)19-35(16-14-21-9-8-15-32-18-21)27(38)20-37-24-11-7-6-10-23(24)33-30(37)41/h6-13,15,17-18H,5,14,16,19-20H2,1-4H3,(H,33,41). The topological polar surface area (TPSA) is 112 Å². The summed E-state index contributed by atoms with van der Waals surface area (Å²) < 4.78 is 1.45. The molecule has 1 N–H and O–H groups in total. The number of fused-ring (bicyclic) bond motifs is 2. The Morgan fingerprint density at radius 3 is 2.49 bits per heavy atom. The van der Waals surface area contributed by atoms with E-state index < -0.39 is 5.41 Å². The van der Waals surface area contributed by atoms with Gasteiger partial charge < -0.3 is 19.7 Å². The lowest BCUT2D eigenvalue weighted by atomic mass is 9.90. The number of hydrogen-bond acceptors (Lipinski definition) is 5. The number of imidazole rings is 1. The second kappa shape index (κ2) is 11.0. The normalized spacial score (nSPS) is 14.7. The summed E-state index contributed by atoms with van der Waals surface area (Å²) in [5, 5.41) is 0. The van der Waals surface area contributed by atoms with Gasteiger partial charge in [0.1, 0.15) is 12.0 Å². The van der Waals surface area contributed by atoms with Gasteiger partial charge in [-0.2, -0.15) is 0 Å². The molecule has 5 rings (SSSR count).